The Labute approximate surface area is 141 Å². The first-order valence-corrected chi connectivity index (χ1v) is 8.31. The van der Waals surface area contributed by atoms with E-state index in [4.69, 9.17) is 27.9 Å². The molecule has 0 aliphatic carbocycles. The largest absolute Gasteiger partial charge is 0.489 e. The molecule has 0 aromatic heterocycles. The van der Waals surface area contributed by atoms with Crippen LogP contribution in [0.15, 0.2) is 42.5 Å². The van der Waals surface area contributed by atoms with Crippen LogP contribution in [0.3, 0.4) is 0 Å². The Kier molecular flexibility index (Phi) is 4.80. The predicted octanol–water partition coefficient (Wildman–Crippen LogP) is 5.35. The molecule has 116 valence electrons. The normalized spacial score (nSPS) is 15.9. The van der Waals surface area contributed by atoms with E-state index in [0.29, 0.717) is 10.0 Å². The van der Waals surface area contributed by atoms with Gasteiger partial charge >= 0.3 is 0 Å². The van der Waals surface area contributed by atoms with Gasteiger partial charge in [-0.2, -0.15) is 0 Å². The Morgan fingerprint density at radius 2 is 1.68 bits per heavy atom. The number of nitrogens with zero attached hydrogens (tertiary/aromatic N) is 1. The number of piperidine rings is 1. The van der Waals surface area contributed by atoms with E-state index in [0.717, 1.165) is 31.7 Å². The Hall–Kier alpha value is -1.38. The molecule has 0 radical (unpaired) electrons. The summed E-state index contributed by atoms with van der Waals surface area (Å²) in [6.07, 6.45) is 2.19. The van der Waals surface area contributed by atoms with E-state index in [1.54, 1.807) is 6.07 Å². The lowest BCUT2D eigenvalue weighted by atomic mass is 10.1. The van der Waals surface area contributed by atoms with Gasteiger partial charge in [-0.3, -0.25) is 0 Å². The van der Waals surface area contributed by atoms with Gasteiger partial charge in [-0.1, -0.05) is 40.9 Å². The van der Waals surface area contributed by atoms with Gasteiger partial charge in [0.2, 0.25) is 0 Å². The minimum absolute atomic E-state index is 0.209. The van der Waals surface area contributed by atoms with E-state index in [2.05, 4.69) is 36.1 Å². The molecule has 4 heteroatoms. The van der Waals surface area contributed by atoms with Crippen molar-refractivity contribution in [3.05, 3.63) is 58.1 Å². The third kappa shape index (κ3) is 3.68. The van der Waals surface area contributed by atoms with Crippen molar-refractivity contribution in [1.29, 1.82) is 0 Å². The maximum atomic E-state index is 6.17. The van der Waals surface area contributed by atoms with E-state index >= 15 is 0 Å². The van der Waals surface area contributed by atoms with Gasteiger partial charge < -0.3 is 9.64 Å². The summed E-state index contributed by atoms with van der Waals surface area (Å²) in [6.45, 7) is 4.11. The smallest absolute Gasteiger partial charge is 0.138 e. The van der Waals surface area contributed by atoms with E-state index in [1.807, 2.05) is 12.1 Å². The molecule has 1 aliphatic rings. The van der Waals surface area contributed by atoms with E-state index in [1.165, 1.54) is 11.3 Å². The van der Waals surface area contributed by atoms with Gasteiger partial charge in [0.1, 0.15) is 11.9 Å². The topological polar surface area (TPSA) is 12.5 Å². The number of benzene rings is 2. The van der Waals surface area contributed by atoms with Crippen LogP contribution in [0.1, 0.15) is 18.4 Å². The van der Waals surface area contributed by atoms with E-state index in [-0.39, 0.29) is 6.10 Å². The van der Waals surface area contributed by atoms with Gasteiger partial charge in [-0.05, 0) is 37.3 Å². The number of rotatable bonds is 3. The molecule has 3 rings (SSSR count). The molecule has 22 heavy (non-hydrogen) atoms. The number of aryl methyl sites for hydroxylation is 1. The first kappa shape index (κ1) is 15.5. The highest BCUT2D eigenvalue weighted by Crippen LogP contribution is 2.30. The number of ether oxygens (including phenoxy) is 1. The second kappa shape index (κ2) is 6.80. The molecule has 0 unspecified atom stereocenters. The highest BCUT2D eigenvalue weighted by molar-refractivity contribution is 6.35. The number of anilines is 1. The van der Waals surface area contributed by atoms with Crippen molar-refractivity contribution in [2.75, 3.05) is 18.0 Å². The monoisotopic (exact) mass is 335 g/mol. The number of hydrogen-bond acceptors (Lipinski definition) is 2. The fraction of sp³-hybridized carbons (Fsp3) is 0.333. The van der Waals surface area contributed by atoms with E-state index < -0.39 is 0 Å². The average molecular weight is 336 g/mol. The van der Waals surface area contributed by atoms with Crippen molar-refractivity contribution in [3.8, 4) is 5.75 Å². The standard InChI is InChI=1S/C18H19Cl2NO/c1-13-2-5-15(6-3-13)21-10-8-16(9-11-21)22-18-7-4-14(19)12-17(18)20/h2-7,12,16H,8-11H2,1H3. The number of halogens is 2. The summed E-state index contributed by atoms with van der Waals surface area (Å²) in [6, 6.07) is 14.1. The minimum Gasteiger partial charge on any atom is -0.489 e. The van der Waals surface area contributed by atoms with Crippen LogP contribution in [0.5, 0.6) is 5.75 Å². The average Bonchev–Trinajstić information content (AvgIpc) is 2.52. The van der Waals surface area contributed by atoms with Gasteiger partial charge in [0.25, 0.3) is 0 Å². The van der Waals surface area contributed by atoms with Gasteiger partial charge in [0.05, 0.1) is 5.02 Å². The quantitative estimate of drug-likeness (QED) is 0.749. The molecular formula is C18H19Cl2NO. The lowest BCUT2D eigenvalue weighted by molar-refractivity contribution is 0.171. The summed E-state index contributed by atoms with van der Waals surface area (Å²) in [5.41, 5.74) is 2.58. The van der Waals surface area contributed by atoms with Crippen molar-refractivity contribution in [3.63, 3.8) is 0 Å². The molecule has 1 saturated heterocycles. The maximum absolute atomic E-state index is 6.17. The maximum Gasteiger partial charge on any atom is 0.138 e. The van der Waals surface area contributed by atoms with Crippen molar-refractivity contribution in [2.45, 2.75) is 25.9 Å². The van der Waals surface area contributed by atoms with Crippen LogP contribution in [0.25, 0.3) is 0 Å². The SMILES string of the molecule is Cc1ccc(N2CCC(Oc3ccc(Cl)cc3Cl)CC2)cc1. The van der Waals surface area contributed by atoms with E-state index in [9.17, 15) is 0 Å². The molecule has 1 heterocycles. The third-order valence-corrected chi connectivity index (χ3v) is 4.56. The second-order valence-electron chi connectivity index (χ2n) is 5.71. The zero-order chi connectivity index (χ0) is 15.5. The van der Waals surface area contributed by atoms with Crippen LogP contribution in [0.4, 0.5) is 5.69 Å². The van der Waals surface area contributed by atoms with Gasteiger partial charge in [-0.15, -0.1) is 0 Å². The summed E-state index contributed by atoms with van der Waals surface area (Å²) in [4.78, 5) is 2.41. The Balaban J connectivity index is 1.58. The van der Waals surface area contributed by atoms with Crippen LogP contribution in [-0.2, 0) is 0 Å². The Morgan fingerprint density at radius 3 is 2.32 bits per heavy atom. The van der Waals surface area contributed by atoms with Crippen LogP contribution >= 0.6 is 23.2 Å². The predicted molar refractivity (Wildman–Crippen MR) is 93.5 cm³/mol. The molecule has 2 aromatic rings. The molecule has 0 saturated carbocycles. The first-order valence-electron chi connectivity index (χ1n) is 7.55. The molecule has 0 atom stereocenters. The molecule has 1 aliphatic heterocycles. The first-order chi connectivity index (χ1) is 10.6. The molecule has 2 nitrogen and oxygen atoms in total. The summed E-state index contributed by atoms with van der Waals surface area (Å²) in [5.74, 6) is 0.722. The van der Waals surface area contributed by atoms with Crippen molar-refractivity contribution >= 4 is 28.9 Å². The molecule has 0 spiro atoms. The molecule has 2 aromatic carbocycles. The zero-order valence-corrected chi connectivity index (χ0v) is 14.1. The molecule has 0 amide bonds. The van der Waals surface area contributed by atoms with Crippen LogP contribution in [0, 0.1) is 6.92 Å². The van der Waals surface area contributed by atoms with Crippen LogP contribution in [0.2, 0.25) is 10.0 Å². The lowest BCUT2D eigenvalue weighted by Gasteiger charge is -2.34. The fourth-order valence-electron chi connectivity index (χ4n) is 2.74. The van der Waals surface area contributed by atoms with Gasteiger partial charge in [0, 0.05) is 36.6 Å². The summed E-state index contributed by atoms with van der Waals surface area (Å²) < 4.78 is 6.03. The minimum atomic E-state index is 0.209. The fourth-order valence-corrected chi connectivity index (χ4v) is 3.19. The molecule has 0 N–H and O–H groups in total. The van der Waals surface area contributed by atoms with Crippen molar-refractivity contribution in [1.82, 2.24) is 0 Å². The summed E-state index contributed by atoms with van der Waals surface area (Å²) in [5, 5.41) is 1.21. The Morgan fingerprint density at radius 1 is 1.00 bits per heavy atom. The third-order valence-electron chi connectivity index (χ3n) is 4.03. The van der Waals surface area contributed by atoms with Gasteiger partial charge in [0.15, 0.2) is 0 Å². The highest BCUT2D eigenvalue weighted by Gasteiger charge is 2.21. The zero-order valence-electron chi connectivity index (χ0n) is 12.6. The van der Waals surface area contributed by atoms with Crippen LogP contribution in [-0.4, -0.2) is 19.2 Å². The van der Waals surface area contributed by atoms with Gasteiger partial charge in [-0.25, -0.2) is 0 Å². The highest BCUT2D eigenvalue weighted by atomic mass is 35.5. The summed E-state index contributed by atoms with van der Waals surface area (Å²) >= 11 is 12.1. The Bertz CT molecular complexity index is 634. The van der Waals surface area contributed by atoms with Crippen molar-refractivity contribution < 1.29 is 4.74 Å². The summed E-state index contributed by atoms with van der Waals surface area (Å²) in [7, 11) is 0. The van der Waals surface area contributed by atoms with Crippen molar-refractivity contribution in [2.24, 2.45) is 0 Å². The molecule has 0 bridgehead atoms. The lowest BCUT2D eigenvalue weighted by Crippen LogP contribution is -2.38. The number of hydrogen-bond donors (Lipinski definition) is 0. The molecular weight excluding hydrogens is 317 g/mol. The second-order valence-corrected chi connectivity index (χ2v) is 6.56. The molecule has 1 fully saturated rings. The van der Waals surface area contributed by atoms with Crippen LogP contribution < -0.4 is 9.64 Å².